The quantitative estimate of drug-likeness (QED) is 0.599. The summed E-state index contributed by atoms with van der Waals surface area (Å²) in [6, 6.07) is 3.05. The number of ether oxygens (including phenoxy) is 1. The van der Waals surface area contributed by atoms with E-state index in [0.29, 0.717) is 17.2 Å². The van der Waals surface area contributed by atoms with Gasteiger partial charge in [-0.15, -0.1) is 0 Å². The van der Waals surface area contributed by atoms with Gasteiger partial charge in [0.1, 0.15) is 0 Å². The Kier molecular flexibility index (Phi) is 5.07. The first kappa shape index (κ1) is 16.5. The normalized spacial score (nSPS) is 20.2. The van der Waals surface area contributed by atoms with Gasteiger partial charge in [-0.25, -0.2) is 0 Å². The third-order valence-electron chi connectivity index (χ3n) is 4.89. The van der Waals surface area contributed by atoms with Gasteiger partial charge in [0.2, 0.25) is 0 Å². The number of benzene rings is 1. The molecule has 1 saturated carbocycles. The van der Waals surface area contributed by atoms with E-state index in [1.807, 2.05) is 6.92 Å². The highest BCUT2D eigenvalue weighted by atomic mass is 35.5. The largest absolute Gasteiger partial charge is 0.375 e. The molecular weight excluding hydrogens is 316 g/mol. The average Bonchev–Trinajstić information content (AvgIpc) is 3.01. The zero-order valence-corrected chi connectivity index (χ0v) is 14.2. The zero-order valence-electron chi connectivity index (χ0n) is 13.5. The number of aryl methyl sites for hydroxylation is 1. The standard InChI is InChI=1S/C17H23ClN2O3/c1-12-10-13(20(21)22)11-16(18)17(12)19-8-6-15(7-9-19)23-14-4-2-3-5-14/h10-11,14-15H,2-9H2,1H3. The number of halogens is 1. The SMILES string of the molecule is Cc1cc([N+](=O)[O-])cc(Cl)c1N1CCC(OC2CCCC2)CC1. The van der Waals surface area contributed by atoms with E-state index >= 15 is 0 Å². The maximum absolute atomic E-state index is 10.9. The van der Waals surface area contributed by atoms with Crippen molar-refractivity contribution in [1.82, 2.24) is 0 Å². The summed E-state index contributed by atoms with van der Waals surface area (Å²) in [4.78, 5) is 12.8. The lowest BCUT2D eigenvalue weighted by molar-refractivity contribution is -0.384. The third kappa shape index (κ3) is 3.78. The lowest BCUT2D eigenvalue weighted by Crippen LogP contribution is -2.38. The maximum atomic E-state index is 10.9. The summed E-state index contributed by atoms with van der Waals surface area (Å²) < 4.78 is 6.20. The highest BCUT2D eigenvalue weighted by molar-refractivity contribution is 6.33. The van der Waals surface area contributed by atoms with Crippen LogP contribution < -0.4 is 4.90 Å². The van der Waals surface area contributed by atoms with Crippen LogP contribution in [0.4, 0.5) is 11.4 Å². The molecule has 0 bridgehead atoms. The molecule has 5 nitrogen and oxygen atoms in total. The number of nitrogens with zero attached hydrogens (tertiary/aromatic N) is 2. The molecule has 1 saturated heterocycles. The summed E-state index contributed by atoms with van der Waals surface area (Å²) in [6.45, 7) is 3.65. The van der Waals surface area contributed by atoms with Crippen LogP contribution in [0.2, 0.25) is 5.02 Å². The lowest BCUT2D eigenvalue weighted by atomic mass is 10.0. The van der Waals surface area contributed by atoms with Crippen molar-refractivity contribution in [2.24, 2.45) is 0 Å². The van der Waals surface area contributed by atoms with Crippen molar-refractivity contribution in [3.63, 3.8) is 0 Å². The summed E-state index contributed by atoms with van der Waals surface area (Å²) in [6.07, 6.45) is 7.76. The number of nitro groups is 1. The van der Waals surface area contributed by atoms with Gasteiger partial charge in [0.15, 0.2) is 0 Å². The topological polar surface area (TPSA) is 55.6 Å². The van der Waals surface area contributed by atoms with Gasteiger partial charge in [0.05, 0.1) is 27.8 Å². The molecular formula is C17H23ClN2O3. The van der Waals surface area contributed by atoms with Crippen molar-refractivity contribution in [3.8, 4) is 0 Å². The van der Waals surface area contributed by atoms with E-state index in [2.05, 4.69) is 4.90 Å². The first-order chi connectivity index (χ1) is 11.0. The van der Waals surface area contributed by atoms with Crippen LogP contribution in [0.25, 0.3) is 0 Å². The highest BCUT2D eigenvalue weighted by Crippen LogP contribution is 2.36. The summed E-state index contributed by atoms with van der Waals surface area (Å²) in [5.41, 5.74) is 1.84. The minimum absolute atomic E-state index is 0.0516. The molecule has 0 atom stereocenters. The predicted octanol–water partition coefficient (Wildman–Crippen LogP) is 4.48. The first-order valence-electron chi connectivity index (χ1n) is 8.39. The molecule has 1 aliphatic heterocycles. The Labute approximate surface area is 141 Å². The van der Waals surface area contributed by atoms with Crippen LogP contribution in [0.1, 0.15) is 44.1 Å². The van der Waals surface area contributed by atoms with E-state index in [9.17, 15) is 10.1 Å². The van der Waals surface area contributed by atoms with Crippen LogP contribution in [0.3, 0.4) is 0 Å². The molecule has 126 valence electrons. The first-order valence-corrected chi connectivity index (χ1v) is 8.77. The van der Waals surface area contributed by atoms with Crippen LogP contribution >= 0.6 is 11.6 Å². The molecule has 1 aromatic rings. The summed E-state index contributed by atoms with van der Waals surface area (Å²) in [7, 11) is 0. The van der Waals surface area contributed by atoms with Gasteiger partial charge in [-0.2, -0.15) is 0 Å². The smallest absolute Gasteiger partial charge is 0.271 e. The van der Waals surface area contributed by atoms with Crippen LogP contribution in [0.5, 0.6) is 0 Å². The fourth-order valence-electron chi connectivity index (χ4n) is 3.74. The van der Waals surface area contributed by atoms with Crippen molar-refractivity contribution in [1.29, 1.82) is 0 Å². The van der Waals surface area contributed by atoms with E-state index in [1.165, 1.54) is 31.7 Å². The lowest BCUT2D eigenvalue weighted by Gasteiger charge is -2.35. The monoisotopic (exact) mass is 338 g/mol. The minimum Gasteiger partial charge on any atom is -0.375 e. The van der Waals surface area contributed by atoms with Crippen molar-refractivity contribution >= 4 is 23.0 Å². The Bertz CT molecular complexity index is 556. The van der Waals surface area contributed by atoms with Gasteiger partial charge in [-0.05, 0) is 38.2 Å². The summed E-state index contributed by atoms with van der Waals surface area (Å²) >= 11 is 6.31. The molecule has 0 unspecified atom stereocenters. The number of hydrogen-bond acceptors (Lipinski definition) is 4. The van der Waals surface area contributed by atoms with Crippen LogP contribution in [-0.4, -0.2) is 30.2 Å². The van der Waals surface area contributed by atoms with E-state index in [0.717, 1.165) is 37.2 Å². The second kappa shape index (κ2) is 7.05. The average molecular weight is 339 g/mol. The zero-order chi connectivity index (χ0) is 16.4. The fourth-order valence-corrected chi connectivity index (χ4v) is 4.12. The van der Waals surface area contributed by atoms with Crippen molar-refractivity contribution in [3.05, 3.63) is 32.8 Å². The van der Waals surface area contributed by atoms with Gasteiger partial charge in [0, 0.05) is 25.2 Å². The molecule has 0 N–H and O–H groups in total. The van der Waals surface area contributed by atoms with Gasteiger partial charge >= 0.3 is 0 Å². The molecule has 2 aliphatic rings. The molecule has 0 spiro atoms. The number of nitro benzene ring substituents is 1. The molecule has 6 heteroatoms. The molecule has 0 aromatic heterocycles. The second-order valence-electron chi connectivity index (χ2n) is 6.58. The molecule has 0 radical (unpaired) electrons. The molecule has 2 fully saturated rings. The highest BCUT2D eigenvalue weighted by Gasteiger charge is 2.27. The Hall–Kier alpha value is -1.33. The number of non-ortho nitro benzene ring substituents is 1. The van der Waals surface area contributed by atoms with Gasteiger partial charge in [0.25, 0.3) is 5.69 Å². The van der Waals surface area contributed by atoms with E-state index in [-0.39, 0.29) is 5.69 Å². The van der Waals surface area contributed by atoms with Crippen LogP contribution in [0.15, 0.2) is 12.1 Å². The van der Waals surface area contributed by atoms with Crippen LogP contribution in [-0.2, 0) is 4.74 Å². The van der Waals surface area contributed by atoms with Gasteiger partial charge < -0.3 is 9.64 Å². The van der Waals surface area contributed by atoms with E-state index in [4.69, 9.17) is 16.3 Å². The molecule has 3 rings (SSSR count). The molecule has 1 aromatic carbocycles. The van der Waals surface area contributed by atoms with Crippen molar-refractivity contribution < 1.29 is 9.66 Å². The Balaban J connectivity index is 1.64. The molecule has 1 heterocycles. The Morgan fingerprint density at radius 1 is 1.17 bits per heavy atom. The van der Waals surface area contributed by atoms with Crippen molar-refractivity contribution in [2.75, 3.05) is 18.0 Å². The van der Waals surface area contributed by atoms with E-state index in [1.54, 1.807) is 6.07 Å². The number of hydrogen-bond donors (Lipinski definition) is 0. The maximum Gasteiger partial charge on any atom is 0.271 e. The third-order valence-corrected chi connectivity index (χ3v) is 5.18. The summed E-state index contributed by atoms with van der Waals surface area (Å²) in [5.74, 6) is 0. The molecule has 0 amide bonds. The Morgan fingerprint density at radius 2 is 1.78 bits per heavy atom. The molecule has 23 heavy (non-hydrogen) atoms. The second-order valence-corrected chi connectivity index (χ2v) is 6.99. The van der Waals surface area contributed by atoms with Gasteiger partial charge in [-0.1, -0.05) is 24.4 Å². The summed E-state index contributed by atoms with van der Waals surface area (Å²) in [5, 5.41) is 11.4. The fraction of sp³-hybridized carbons (Fsp3) is 0.647. The van der Waals surface area contributed by atoms with E-state index < -0.39 is 4.92 Å². The minimum atomic E-state index is -0.398. The predicted molar refractivity (Wildman–Crippen MR) is 91.4 cm³/mol. The van der Waals surface area contributed by atoms with Crippen LogP contribution in [0, 0.1) is 17.0 Å². The van der Waals surface area contributed by atoms with Gasteiger partial charge in [-0.3, -0.25) is 10.1 Å². The number of rotatable bonds is 4. The van der Waals surface area contributed by atoms with Crippen molar-refractivity contribution in [2.45, 2.75) is 57.7 Å². The number of piperidine rings is 1. The molecule has 1 aliphatic carbocycles. The Morgan fingerprint density at radius 3 is 2.35 bits per heavy atom. The number of anilines is 1.